The summed E-state index contributed by atoms with van der Waals surface area (Å²) in [6.07, 6.45) is 0.525. The van der Waals surface area contributed by atoms with E-state index in [1.165, 1.54) is 0 Å². The number of methoxy groups -OCH3 is 3. The molecule has 2 unspecified atom stereocenters. The Hall–Kier alpha value is -0.680. The third-order valence-electron chi connectivity index (χ3n) is 3.67. The van der Waals surface area contributed by atoms with Gasteiger partial charge < -0.3 is 33.7 Å². The van der Waals surface area contributed by atoms with Gasteiger partial charge in [0.1, 0.15) is 29.1 Å². The van der Waals surface area contributed by atoms with E-state index in [0.717, 1.165) is 5.56 Å². The average Bonchev–Trinajstić information content (AvgIpc) is 2.85. The van der Waals surface area contributed by atoms with Crippen LogP contribution >= 0.6 is 24.4 Å². The molecule has 23 heavy (non-hydrogen) atoms. The monoisotopic (exact) mass is 362 g/mol. The van der Waals surface area contributed by atoms with Crippen molar-refractivity contribution in [1.29, 1.82) is 0 Å². The van der Waals surface area contributed by atoms with Crippen LogP contribution in [-0.2, 0) is 23.7 Å². The number of H-pyrrole nitrogens is 2. The first-order valence-corrected chi connectivity index (χ1v) is 8.03. The molecule has 1 aliphatic heterocycles. The molecule has 0 radical (unpaired) electrons. The molecular weight excluding hydrogens is 340 g/mol. The van der Waals surface area contributed by atoms with Crippen molar-refractivity contribution in [1.82, 2.24) is 9.97 Å². The van der Waals surface area contributed by atoms with E-state index in [1.54, 1.807) is 27.5 Å². The number of aromatic amines is 2. The molecule has 4 atom stereocenters. The maximum Gasteiger partial charge on any atom is 0.175 e. The van der Waals surface area contributed by atoms with Crippen LogP contribution in [0.15, 0.2) is 6.20 Å². The summed E-state index contributed by atoms with van der Waals surface area (Å²) >= 11 is 10.4. The van der Waals surface area contributed by atoms with Crippen LogP contribution in [0.25, 0.3) is 0 Å². The van der Waals surface area contributed by atoms with Gasteiger partial charge in [0.25, 0.3) is 0 Å². The lowest BCUT2D eigenvalue weighted by molar-refractivity contribution is -0.0659. The van der Waals surface area contributed by atoms with Crippen molar-refractivity contribution >= 4 is 24.4 Å². The van der Waals surface area contributed by atoms with Crippen LogP contribution in [0.3, 0.4) is 0 Å². The second-order valence-corrected chi connectivity index (χ2v) is 5.92. The van der Waals surface area contributed by atoms with Gasteiger partial charge in [-0.3, -0.25) is 0 Å². The predicted octanol–water partition coefficient (Wildman–Crippen LogP) is 1.93. The van der Waals surface area contributed by atoms with Gasteiger partial charge in [0.2, 0.25) is 0 Å². The Bertz CT molecular complexity index is 605. The number of hydrogen-bond acceptors (Lipinski definition) is 7. The largest absolute Gasteiger partial charge is 0.382 e. The summed E-state index contributed by atoms with van der Waals surface area (Å²) < 4.78 is 28.9. The minimum atomic E-state index is -0.382. The van der Waals surface area contributed by atoms with Crippen molar-refractivity contribution in [3.8, 4) is 0 Å². The molecule has 1 aromatic rings. The Morgan fingerprint density at radius 3 is 2.52 bits per heavy atom. The molecule has 2 rings (SSSR count). The molecule has 1 fully saturated rings. The summed E-state index contributed by atoms with van der Waals surface area (Å²) in [6, 6.07) is 0. The van der Waals surface area contributed by atoms with Gasteiger partial charge in [-0.1, -0.05) is 12.2 Å². The van der Waals surface area contributed by atoms with E-state index in [2.05, 4.69) is 9.97 Å². The summed E-state index contributed by atoms with van der Waals surface area (Å²) in [5.41, 5.74) is 0.775. The Balaban J connectivity index is 2.29. The summed E-state index contributed by atoms with van der Waals surface area (Å²) in [4.78, 5) is 5.87. The van der Waals surface area contributed by atoms with Gasteiger partial charge in [-0.2, -0.15) is 0 Å². The Labute approximate surface area is 145 Å². The quantitative estimate of drug-likeness (QED) is 0.540. The SMILES string of the molecule is COCCOC1C(OC)[C@@H](COC)O[C@H]1c1c[nH]c(=S)[nH]c1=S. The third-order valence-corrected chi connectivity index (χ3v) is 4.22. The van der Waals surface area contributed by atoms with E-state index in [4.69, 9.17) is 48.1 Å². The molecule has 0 aliphatic carbocycles. The Morgan fingerprint density at radius 2 is 1.91 bits per heavy atom. The highest BCUT2D eigenvalue weighted by molar-refractivity contribution is 7.72. The van der Waals surface area contributed by atoms with Crippen molar-refractivity contribution in [3.63, 3.8) is 0 Å². The van der Waals surface area contributed by atoms with Crippen LogP contribution in [-0.4, -0.2) is 69.4 Å². The number of rotatable bonds is 8. The maximum absolute atomic E-state index is 6.10. The van der Waals surface area contributed by atoms with Gasteiger partial charge >= 0.3 is 0 Å². The lowest BCUT2D eigenvalue weighted by Crippen LogP contribution is -2.37. The zero-order chi connectivity index (χ0) is 16.8. The molecule has 1 aliphatic rings. The summed E-state index contributed by atoms with van der Waals surface area (Å²) in [7, 11) is 4.88. The van der Waals surface area contributed by atoms with Gasteiger partial charge in [0, 0.05) is 33.1 Å². The van der Waals surface area contributed by atoms with Crippen LogP contribution in [0.4, 0.5) is 0 Å². The highest BCUT2D eigenvalue weighted by Gasteiger charge is 2.47. The first-order valence-electron chi connectivity index (χ1n) is 7.22. The molecule has 9 heteroatoms. The first-order chi connectivity index (χ1) is 11.1. The summed E-state index contributed by atoms with van der Waals surface area (Å²) in [5.74, 6) is 0. The Morgan fingerprint density at radius 1 is 1.13 bits per heavy atom. The van der Waals surface area contributed by atoms with Crippen molar-refractivity contribution < 1.29 is 23.7 Å². The second-order valence-electron chi connectivity index (χ2n) is 5.11. The standard InChI is InChI=1S/C14H22N2O5S2/c1-17-4-5-20-12-10(8-6-15-14(23)16-13(8)22)21-9(7-18-2)11(12)19-3/h6,9-12H,4-5,7H2,1-3H3,(H2,15,16,22,23)/t9-,10+,11?,12?/m1/s1. The lowest BCUT2D eigenvalue weighted by Gasteiger charge is -2.23. The van der Waals surface area contributed by atoms with Crippen LogP contribution in [0.2, 0.25) is 0 Å². The van der Waals surface area contributed by atoms with Gasteiger partial charge in [-0.05, 0) is 12.2 Å². The molecule has 0 aromatic carbocycles. The number of aromatic nitrogens is 2. The fourth-order valence-electron chi connectivity index (χ4n) is 2.64. The van der Waals surface area contributed by atoms with E-state index in [9.17, 15) is 0 Å². The van der Waals surface area contributed by atoms with Crippen molar-refractivity contribution in [2.75, 3.05) is 41.2 Å². The van der Waals surface area contributed by atoms with E-state index < -0.39 is 0 Å². The lowest BCUT2D eigenvalue weighted by atomic mass is 10.0. The number of ether oxygens (including phenoxy) is 5. The van der Waals surface area contributed by atoms with E-state index in [1.807, 2.05) is 0 Å². The fraction of sp³-hybridized carbons (Fsp3) is 0.714. The topological polar surface area (TPSA) is 77.7 Å². The number of hydrogen-bond donors (Lipinski definition) is 2. The molecule has 7 nitrogen and oxygen atoms in total. The highest BCUT2D eigenvalue weighted by atomic mass is 32.1. The molecule has 2 heterocycles. The van der Waals surface area contributed by atoms with Crippen LogP contribution in [0.5, 0.6) is 0 Å². The molecule has 0 saturated carbocycles. The van der Waals surface area contributed by atoms with Gasteiger partial charge in [0.05, 0.1) is 19.8 Å². The van der Waals surface area contributed by atoms with Gasteiger partial charge in [-0.15, -0.1) is 0 Å². The van der Waals surface area contributed by atoms with Crippen LogP contribution < -0.4 is 0 Å². The van der Waals surface area contributed by atoms with Crippen LogP contribution in [0.1, 0.15) is 11.7 Å². The zero-order valence-electron chi connectivity index (χ0n) is 13.4. The van der Waals surface area contributed by atoms with Crippen LogP contribution in [0, 0.1) is 9.41 Å². The zero-order valence-corrected chi connectivity index (χ0v) is 15.0. The van der Waals surface area contributed by atoms with Crippen molar-refractivity contribution in [3.05, 3.63) is 21.2 Å². The molecule has 0 spiro atoms. The molecule has 1 aromatic heterocycles. The normalized spacial score (nSPS) is 27.4. The van der Waals surface area contributed by atoms with Gasteiger partial charge in [0.15, 0.2) is 4.77 Å². The predicted molar refractivity (Wildman–Crippen MR) is 88.7 cm³/mol. The second kappa shape index (κ2) is 8.97. The molecule has 130 valence electrons. The number of nitrogens with one attached hydrogen (secondary N) is 2. The van der Waals surface area contributed by atoms with Gasteiger partial charge in [-0.25, -0.2) is 0 Å². The highest BCUT2D eigenvalue weighted by Crippen LogP contribution is 2.37. The molecular formula is C14H22N2O5S2. The summed E-state index contributed by atoms with van der Waals surface area (Å²) in [6.45, 7) is 1.32. The van der Waals surface area contributed by atoms with E-state index in [0.29, 0.717) is 29.2 Å². The molecule has 2 N–H and O–H groups in total. The molecule has 0 bridgehead atoms. The first kappa shape index (κ1) is 18.7. The average molecular weight is 362 g/mol. The minimum Gasteiger partial charge on any atom is -0.382 e. The molecule has 0 amide bonds. The van der Waals surface area contributed by atoms with Crippen molar-refractivity contribution in [2.24, 2.45) is 0 Å². The minimum absolute atomic E-state index is 0.250. The smallest absolute Gasteiger partial charge is 0.175 e. The summed E-state index contributed by atoms with van der Waals surface area (Å²) in [5, 5.41) is 0. The molecule has 1 saturated heterocycles. The fourth-order valence-corrected chi connectivity index (χ4v) is 3.15. The van der Waals surface area contributed by atoms with Crippen molar-refractivity contribution in [2.45, 2.75) is 24.4 Å². The van der Waals surface area contributed by atoms with E-state index in [-0.39, 0.29) is 24.4 Å². The third kappa shape index (κ3) is 4.44. The Kier molecular flexibility index (Phi) is 7.28. The van der Waals surface area contributed by atoms with E-state index >= 15 is 0 Å². The maximum atomic E-state index is 6.10.